The zero-order chi connectivity index (χ0) is 17.0. The lowest BCUT2D eigenvalue weighted by Gasteiger charge is -2.31. The van der Waals surface area contributed by atoms with Crippen molar-refractivity contribution < 1.29 is 13.2 Å². The van der Waals surface area contributed by atoms with Crippen LogP contribution in [0.3, 0.4) is 0 Å². The number of rotatable bonds is 5. The average molecular weight is 332 g/mol. The number of amides is 1. The van der Waals surface area contributed by atoms with E-state index in [1.54, 1.807) is 56.4 Å². The quantitative estimate of drug-likeness (QED) is 0.845. The number of sulfonamides is 1. The first-order chi connectivity index (χ1) is 10.8. The predicted octanol–water partition coefficient (Wildman–Crippen LogP) is 2.50. The first-order valence-corrected chi connectivity index (χ1v) is 9.04. The molecule has 2 aromatic carbocycles. The summed E-state index contributed by atoms with van der Waals surface area (Å²) in [6.07, 6.45) is 1.10. The van der Waals surface area contributed by atoms with Gasteiger partial charge >= 0.3 is 0 Å². The number of nitrogens with zero attached hydrogens (tertiary/aromatic N) is 2. The van der Waals surface area contributed by atoms with Gasteiger partial charge in [0.05, 0.1) is 11.9 Å². The maximum absolute atomic E-state index is 12.7. The molecule has 0 spiro atoms. The number of carbonyl (C=O) groups is 1. The monoisotopic (exact) mass is 332 g/mol. The molecule has 0 aliphatic carbocycles. The molecule has 5 nitrogen and oxygen atoms in total. The van der Waals surface area contributed by atoms with Crippen LogP contribution in [0.25, 0.3) is 0 Å². The minimum absolute atomic E-state index is 0.300. The highest BCUT2D eigenvalue weighted by Gasteiger charge is 2.31. The molecule has 1 amide bonds. The van der Waals surface area contributed by atoms with Crippen molar-refractivity contribution >= 4 is 27.3 Å². The summed E-state index contributed by atoms with van der Waals surface area (Å²) in [6, 6.07) is 16.9. The van der Waals surface area contributed by atoms with Gasteiger partial charge in [0.2, 0.25) is 15.9 Å². The van der Waals surface area contributed by atoms with Gasteiger partial charge in [0.15, 0.2) is 0 Å². The second kappa shape index (κ2) is 6.83. The first-order valence-electron chi connectivity index (χ1n) is 7.19. The Balaban J connectivity index is 2.35. The summed E-state index contributed by atoms with van der Waals surface area (Å²) in [5, 5.41) is 0. The van der Waals surface area contributed by atoms with Gasteiger partial charge in [-0.15, -0.1) is 0 Å². The molecule has 0 saturated carbocycles. The van der Waals surface area contributed by atoms with Crippen LogP contribution in [-0.2, 0) is 14.8 Å². The third-order valence-corrected chi connectivity index (χ3v) is 4.79. The van der Waals surface area contributed by atoms with Crippen LogP contribution in [-0.4, -0.2) is 33.7 Å². The zero-order valence-electron chi connectivity index (χ0n) is 13.4. The van der Waals surface area contributed by atoms with Crippen molar-refractivity contribution in [3.05, 3.63) is 60.7 Å². The van der Waals surface area contributed by atoms with Crippen LogP contribution in [0, 0.1) is 0 Å². The molecule has 1 atom stereocenters. The van der Waals surface area contributed by atoms with Gasteiger partial charge in [-0.05, 0) is 31.2 Å². The second-order valence-electron chi connectivity index (χ2n) is 5.30. The molecule has 0 fully saturated rings. The SMILES string of the molecule is C[C@H](C(=O)N(C)c1ccccc1)N(c1ccccc1)S(C)(=O)=O. The highest BCUT2D eigenvalue weighted by atomic mass is 32.2. The summed E-state index contributed by atoms with van der Waals surface area (Å²) in [5.74, 6) is -0.300. The van der Waals surface area contributed by atoms with Crippen LogP contribution in [0.4, 0.5) is 11.4 Å². The molecular weight excluding hydrogens is 312 g/mol. The van der Waals surface area contributed by atoms with Gasteiger partial charge in [-0.1, -0.05) is 36.4 Å². The second-order valence-corrected chi connectivity index (χ2v) is 7.16. The molecule has 0 aliphatic heterocycles. The summed E-state index contributed by atoms with van der Waals surface area (Å²) in [5.41, 5.74) is 1.18. The van der Waals surface area contributed by atoms with E-state index in [9.17, 15) is 13.2 Å². The highest BCUT2D eigenvalue weighted by molar-refractivity contribution is 7.92. The number of hydrogen-bond acceptors (Lipinski definition) is 3. The molecule has 2 rings (SSSR count). The Morgan fingerprint density at radius 1 is 0.913 bits per heavy atom. The summed E-state index contributed by atoms with van der Waals surface area (Å²) in [7, 11) is -1.95. The van der Waals surface area contributed by atoms with Gasteiger partial charge in [-0.3, -0.25) is 9.10 Å². The van der Waals surface area contributed by atoms with Gasteiger partial charge < -0.3 is 4.90 Å². The van der Waals surface area contributed by atoms with Crippen molar-refractivity contribution in [3.63, 3.8) is 0 Å². The van der Waals surface area contributed by atoms with Crippen LogP contribution in [0.5, 0.6) is 0 Å². The fourth-order valence-electron chi connectivity index (χ4n) is 2.44. The van der Waals surface area contributed by atoms with Crippen LogP contribution in [0.2, 0.25) is 0 Å². The Labute approximate surface area is 137 Å². The predicted molar refractivity (Wildman–Crippen MR) is 93.1 cm³/mol. The maximum Gasteiger partial charge on any atom is 0.250 e. The molecule has 0 heterocycles. The molecular formula is C17H20N2O3S. The lowest BCUT2D eigenvalue weighted by Crippen LogP contribution is -2.48. The van der Waals surface area contributed by atoms with E-state index in [2.05, 4.69) is 0 Å². The van der Waals surface area contributed by atoms with E-state index < -0.39 is 16.1 Å². The molecule has 0 bridgehead atoms. The van der Waals surface area contributed by atoms with E-state index in [0.717, 1.165) is 10.6 Å². The molecule has 0 unspecified atom stereocenters. The molecule has 122 valence electrons. The van der Waals surface area contributed by atoms with E-state index in [1.807, 2.05) is 18.2 Å². The van der Waals surface area contributed by atoms with Gasteiger partial charge in [-0.25, -0.2) is 8.42 Å². The van der Waals surface area contributed by atoms with Gasteiger partial charge in [0.25, 0.3) is 0 Å². The van der Waals surface area contributed by atoms with E-state index >= 15 is 0 Å². The number of likely N-dealkylation sites (N-methyl/N-ethyl adjacent to an activating group) is 1. The Morgan fingerprint density at radius 2 is 1.35 bits per heavy atom. The first kappa shape index (κ1) is 17.0. The largest absolute Gasteiger partial charge is 0.314 e. The fraction of sp³-hybridized carbons (Fsp3) is 0.235. The normalized spacial score (nSPS) is 12.5. The summed E-state index contributed by atoms with van der Waals surface area (Å²) in [4.78, 5) is 14.2. The molecule has 2 aromatic rings. The van der Waals surface area contributed by atoms with Crippen LogP contribution < -0.4 is 9.21 Å². The summed E-state index contributed by atoms with van der Waals surface area (Å²) in [6.45, 7) is 1.59. The molecule has 0 aromatic heterocycles. The summed E-state index contributed by atoms with van der Waals surface area (Å²) >= 11 is 0. The standard InChI is InChI=1S/C17H20N2O3S/c1-14(17(20)18(2)15-10-6-4-7-11-15)19(23(3,21)22)16-12-8-5-9-13-16/h4-14H,1-3H3/t14-/m1/s1. The number of para-hydroxylation sites is 2. The number of hydrogen-bond donors (Lipinski definition) is 0. The Morgan fingerprint density at radius 3 is 1.78 bits per heavy atom. The van der Waals surface area contributed by atoms with Gasteiger partial charge in [-0.2, -0.15) is 0 Å². The highest BCUT2D eigenvalue weighted by Crippen LogP contribution is 2.22. The minimum Gasteiger partial charge on any atom is -0.314 e. The van der Waals surface area contributed by atoms with Gasteiger partial charge in [0.1, 0.15) is 6.04 Å². The van der Waals surface area contributed by atoms with Crippen molar-refractivity contribution in [2.75, 3.05) is 22.5 Å². The van der Waals surface area contributed by atoms with Crippen molar-refractivity contribution in [1.82, 2.24) is 0 Å². The van der Waals surface area contributed by atoms with Crippen LogP contribution in [0.1, 0.15) is 6.92 Å². The lowest BCUT2D eigenvalue weighted by molar-refractivity contribution is -0.119. The Bertz CT molecular complexity index is 761. The maximum atomic E-state index is 12.7. The topological polar surface area (TPSA) is 57.7 Å². The van der Waals surface area contributed by atoms with E-state index in [4.69, 9.17) is 0 Å². The zero-order valence-corrected chi connectivity index (χ0v) is 14.2. The van der Waals surface area contributed by atoms with E-state index in [-0.39, 0.29) is 5.91 Å². The van der Waals surface area contributed by atoms with Crippen molar-refractivity contribution in [2.45, 2.75) is 13.0 Å². The lowest BCUT2D eigenvalue weighted by atomic mass is 10.2. The number of anilines is 2. The fourth-order valence-corrected chi connectivity index (χ4v) is 3.61. The smallest absolute Gasteiger partial charge is 0.250 e. The van der Waals surface area contributed by atoms with Crippen LogP contribution in [0.15, 0.2) is 60.7 Å². The minimum atomic E-state index is -3.59. The Hall–Kier alpha value is -2.34. The molecule has 0 radical (unpaired) electrons. The van der Waals surface area contributed by atoms with Crippen LogP contribution >= 0.6 is 0 Å². The molecule has 0 aliphatic rings. The van der Waals surface area contributed by atoms with E-state index in [0.29, 0.717) is 11.4 Å². The van der Waals surface area contributed by atoms with Crippen molar-refractivity contribution in [3.8, 4) is 0 Å². The van der Waals surface area contributed by atoms with Crippen molar-refractivity contribution in [1.29, 1.82) is 0 Å². The average Bonchev–Trinajstić information content (AvgIpc) is 2.54. The molecule has 0 saturated heterocycles. The number of carbonyl (C=O) groups excluding carboxylic acids is 1. The third-order valence-electron chi connectivity index (χ3n) is 3.55. The van der Waals surface area contributed by atoms with Gasteiger partial charge in [0, 0.05) is 12.7 Å². The molecule has 0 N–H and O–H groups in total. The molecule has 6 heteroatoms. The number of benzene rings is 2. The third kappa shape index (κ3) is 3.90. The molecule has 23 heavy (non-hydrogen) atoms. The van der Waals surface area contributed by atoms with Crippen molar-refractivity contribution in [2.24, 2.45) is 0 Å². The van der Waals surface area contributed by atoms with E-state index in [1.165, 1.54) is 4.90 Å². The summed E-state index contributed by atoms with van der Waals surface area (Å²) < 4.78 is 25.5. The Kier molecular flexibility index (Phi) is 5.05.